The van der Waals surface area contributed by atoms with Crippen LogP contribution in [0.2, 0.25) is 5.15 Å². The average Bonchev–Trinajstić information content (AvgIpc) is 4.01. The number of halogens is 1. The van der Waals surface area contributed by atoms with E-state index in [9.17, 15) is 0 Å². The van der Waals surface area contributed by atoms with Gasteiger partial charge in [0.25, 0.3) is 0 Å². The Labute approximate surface area is 320 Å². The van der Waals surface area contributed by atoms with E-state index in [0.717, 1.165) is 56.6 Å². The molecule has 0 unspecified atom stereocenters. The molecule has 2 aliphatic carbocycles. The number of imidazole rings is 2. The van der Waals surface area contributed by atoms with Crippen LogP contribution in [0.4, 0.5) is 5.82 Å². The highest BCUT2D eigenvalue weighted by atomic mass is 35.5. The molecule has 0 saturated heterocycles. The number of nitrogens with zero attached hydrogens (tertiary/aromatic N) is 8. The van der Waals surface area contributed by atoms with E-state index in [-0.39, 0.29) is 39.1 Å². The van der Waals surface area contributed by atoms with Crippen molar-refractivity contribution >= 4 is 66.5 Å². The summed E-state index contributed by atoms with van der Waals surface area (Å²) < 4.78 is 4.58. The smallest absolute Gasteiger partial charge is 0.135 e. The molecule has 0 spiro atoms. The Morgan fingerprint density at radius 2 is 1.16 bits per heavy atom. The van der Waals surface area contributed by atoms with Gasteiger partial charge in [-0.15, -0.1) is 0 Å². The molecule has 2 aliphatic rings. The van der Waals surface area contributed by atoms with Gasteiger partial charge in [-0.25, -0.2) is 29.9 Å². The van der Waals surface area contributed by atoms with Crippen molar-refractivity contribution in [2.24, 2.45) is 5.73 Å². The number of aryl methyl sites for hydroxylation is 4. The zero-order chi connectivity index (χ0) is 35.0. The zero-order valence-electron chi connectivity index (χ0n) is 30.8. The second kappa shape index (κ2) is 16.8. The molecule has 0 bridgehead atoms. The molecule has 6 aromatic rings. The molecule has 8 rings (SSSR count). The van der Waals surface area contributed by atoms with E-state index in [1.165, 1.54) is 42.3 Å². The summed E-state index contributed by atoms with van der Waals surface area (Å²) in [5.74, 6) is 2.44. The number of aromatic nitrogens is 8. The fraction of sp³-hybridized carbons (Fsp3) is 0.421. The van der Waals surface area contributed by atoms with Crippen molar-refractivity contribution in [2.75, 3.05) is 5.32 Å². The average molecular weight is 747 g/mol. The number of hydrogen-bond donors (Lipinski definition) is 2. The second-order valence-electron chi connectivity index (χ2n) is 13.5. The van der Waals surface area contributed by atoms with Crippen molar-refractivity contribution in [1.82, 2.24) is 39.0 Å². The lowest BCUT2D eigenvalue weighted by Gasteiger charge is -2.18. The van der Waals surface area contributed by atoms with Gasteiger partial charge in [-0.05, 0) is 116 Å². The summed E-state index contributed by atoms with van der Waals surface area (Å²) in [6.07, 6.45) is 9.06. The number of nitrogens with two attached hydrogens (primary N) is 1. The number of anilines is 1. The maximum atomic E-state index is 5.85. The van der Waals surface area contributed by atoms with Gasteiger partial charge in [-0.1, -0.05) is 23.7 Å². The summed E-state index contributed by atoms with van der Waals surface area (Å²) in [4.78, 5) is 26.1. The highest BCUT2D eigenvalue weighted by Gasteiger charge is 2.26. The number of nitrogens with one attached hydrogen (secondary N) is 1. The van der Waals surface area contributed by atoms with E-state index in [4.69, 9.17) is 17.3 Å². The topological polar surface area (TPSA) is 125 Å². The third-order valence-corrected chi connectivity index (χ3v) is 9.77. The summed E-state index contributed by atoms with van der Waals surface area (Å²) in [5.41, 5.74) is 16.9. The number of hydrogen-bond acceptors (Lipinski definition) is 8. The Morgan fingerprint density at radius 1 is 0.686 bits per heavy atom. The molecular formula is C38H51ClN10S2. The van der Waals surface area contributed by atoms with Crippen molar-refractivity contribution < 1.29 is 0 Å². The maximum absolute atomic E-state index is 5.85. The lowest BCUT2D eigenvalue weighted by atomic mass is 10.1. The first-order valence-corrected chi connectivity index (χ1v) is 17.5. The lowest BCUT2D eigenvalue weighted by molar-refractivity contribution is 0.765. The molecule has 272 valence electrons. The molecule has 13 heteroatoms. The van der Waals surface area contributed by atoms with Gasteiger partial charge in [0.2, 0.25) is 0 Å². The quantitative estimate of drug-likeness (QED) is 0.162. The Bertz CT molecular complexity index is 2090. The predicted molar refractivity (Wildman–Crippen MR) is 219 cm³/mol. The Kier molecular flexibility index (Phi) is 13.2. The maximum Gasteiger partial charge on any atom is 0.135 e. The largest absolute Gasteiger partial charge is 0.363 e. The van der Waals surface area contributed by atoms with Crippen LogP contribution < -0.4 is 11.1 Å². The third kappa shape index (κ3) is 9.40. The zero-order valence-corrected chi connectivity index (χ0v) is 33.5. The molecule has 4 aromatic heterocycles. The molecule has 2 aromatic carbocycles. The fourth-order valence-corrected chi connectivity index (χ4v) is 6.12. The van der Waals surface area contributed by atoms with E-state index in [1.54, 1.807) is 0 Å². The monoisotopic (exact) mass is 746 g/mol. The molecule has 0 amide bonds. The van der Waals surface area contributed by atoms with Crippen LogP contribution in [-0.2, 0) is 0 Å². The molecule has 0 radical (unpaired) electrons. The molecule has 3 N–H and O–H groups in total. The first-order chi connectivity index (χ1) is 23.4. The summed E-state index contributed by atoms with van der Waals surface area (Å²) in [7, 11) is 0. The van der Waals surface area contributed by atoms with Crippen LogP contribution >= 0.6 is 38.6 Å². The van der Waals surface area contributed by atoms with Gasteiger partial charge in [-0.3, -0.25) is 0 Å². The Balaban J connectivity index is 0.000000185. The minimum absolute atomic E-state index is 0. The molecule has 0 aliphatic heterocycles. The Hall–Kier alpha value is -3.71. The summed E-state index contributed by atoms with van der Waals surface area (Å²) >= 11 is 5.77. The van der Waals surface area contributed by atoms with Crippen molar-refractivity contribution in [2.45, 2.75) is 105 Å². The van der Waals surface area contributed by atoms with Crippen LogP contribution in [0.25, 0.3) is 22.1 Å². The molecule has 2 fully saturated rings. The summed E-state index contributed by atoms with van der Waals surface area (Å²) in [6.45, 7) is 15.8. The van der Waals surface area contributed by atoms with E-state index in [0.29, 0.717) is 17.2 Å². The molecular weight excluding hydrogens is 696 g/mol. The SMILES string of the molecule is C[C@H](N)c1ccc2c(c1)ncn2C1CC1.Cc1nc(C)c(C)c(Cl)n1.Cc1nc(C)c(C)c(N[C@@H](C)c2ccc3c(c2)ncn3C2CC2)n1.S.S. The molecule has 10 nitrogen and oxygen atoms in total. The Morgan fingerprint density at radius 3 is 1.65 bits per heavy atom. The van der Waals surface area contributed by atoms with Crippen LogP contribution in [0.1, 0.15) is 109 Å². The van der Waals surface area contributed by atoms with Gasteiger partial charge in [-0.2, -0.15) is 27.0 Å². The molecule has 2 atom stereocenters. The third-order valence-electron chi connectivity index (χ3n) is 9.40. The highest BCUT2D eigenvalue weighted by Crippen LogP contribution is 2.38. The summed E-state index contributed by atoms with van der Waals surface area (Å²) in [6, 6.07) is 14.5. The van der Waals surface area contributed by atoms with Crippen molar-refractivity contribution in [1.29, 1.82) is 0 Å². The molecule has 2 saturated carbocycles. The fourth-order valence-electron chi connectivity index (χ4n) is 5.86. The highest BCUT2D eigenvalue weighted by molar-refractivity contribution is 7.59. The van der Waals surface area contributed by atoms with Gasteiger partial charge < -0.3 is 20.2 Å². The van der Waals surface area contributed by atoms with Crippen LogP contribution in [0.15, 0.2) is 49.1 Å². The van der Waals surface area contributed by atoms with Gasteiger partial charge in [0.1, 0.15) is 22.6 Å². The molecule has 4 heterocycles. The van der Waals surface area contributed by atoms with Gasteiger partial charge >= 0.3 is 0 Å². The van der Waals surface area contributed by atoms with E-state index >= 15 is 0 Å². The van der Waals surface area contributed by atoms with Crippen molar-refractivity contribution in [3.8, 4) is 0 Å². The summed E-state index contributed by atoms with van der Waals surface area (Å²) in [5, 5.41) is 4.09. The predicted octanol–water partition coefficient (Wildman–Crippen LogP) is 8.93. The van der Waals surface area contributed by atoms with Crippen LogP contribution in [0, 0.1) is 41.5 Å². The number of fused-ring (bicyclic) bond motifs is 2. The number of rotatable bonds is 6. The van der Waals surface area contributed by atoms with Crippen LogP contribution in [0.5, 0.6) is 0 Å². The van der Waals surface area contributed by atoms with Crippen molar-refractivity contribution in [3.05, 3.63) is 99.5 Å². The first-order valence-electron chi connectivity index (χ1n) is 17.1. The minimum atomic E-state index is 0. The normalized spacial score (nSPS) is 14.7. The lowest BCUT2D eigenvalue weighted by Crippen LogP contribution is -2.11. The van der Waals surface area contributed by atoms with Crippen molar-refractivity contribution in [3.63, 3.8) is 0 Å². The first kappa shape index (κ1) is 40.1. The minimum Gasteiger partial charge on any atom is -0.363 e. The van der Waals surface area contributed by atoms with Crippen LogP contribution in [0.3, 0.4) is 0 Å². The van der Waals surface area contributed by atoms with Gasteiger partial charge in [0, 0.05) is 40.6 Å². The van der Waals surface area contributed by atoms with E-state index < -0.39 is 0 Å². The molecule has 51 heavy (non-hydrogen) atoms. The van der Waals surface area contributed by atoms with E-state index in [1.807, 2.05) is 54.2 Å². The van der Waals surface area contributed by atoms with E-state index in [2.05, 4.69) is 94.6 Å². The number of benzene rings is 2. The van der Waals surface area contributed by atoms with Gasteiger partial charge in [0.05, 0.1) is 40.8 Å². The second-order valence-corrected chi connectivity index (χ2v) is 13.9. The van der Waals surface area contributed by atoms with Gasteiger partial charge in [0.15, 0.2) is 0 Å². The standard InChI is InChI=1S/C19H23N5.C12H15N3.C7H9ClN2.2H2S/c1-11-12(2)21-14(4)23-19(11)22-13(3)15-5-8-18-17(9-15)20-10-24(18)16-6-7-16;1-8(13)9-2-5-12-11(6-9)14-7-15(12)10-3-4-10;1-4-5(2)9-6(3)10-7(4)8;;/h5,8-10,13,16H,6-7H2,1-4H3,(H,21,22,23);2,5-8,10H,3-4,13H2,1H3;1-3H3;2*1H2/t13-;8-;;;/m00.../s1. The van der Waals surface area contributed by atoms with Crippen LogP contribution in [-0.4, -0.2) is 39.0 Å².